The minimum atomic E-state index is 0.344. The van der Waals surface area contributed by atoms with Crippen molar-refractivity contribution >= 4 is 11.9 Å². The molecule has 0 saturated carbocycles. The summed E-state index contributed by atoms with van der Waals surface area (Å²) in [5.74, 6) is 1.58. The molecule has 1 saturated heterocycles. The van der Waals surface area contributed by atoms with E-state index < -0.39 is 0 Å². The van der Waals surface area contributed by atoms with Gasteiger partial charge in [-0.05, 0) is 25.1 Å². The van der Waals surface area contributed by atoms with Gasteiger partial charge in [0.15, 0.2) is 5.82 Å². The highest BCUT2D eigenvalue weighted by molar-refractivity contribution is 5.38. The molecule has 0 bridgehead atoms. The molecule has 1 aliphatic heterocycles. The number of nitrogens with two attached hydrogens (primary N) is 1. The van der Waals surface area contributed by atoms with Crippen molar-refractivity contribution in [3.8, 4) is 5.82 Å². The quantitative estimate of drug-likeness (QED) is 0.855. The predicted molar refractivity (Wildman–Crippen MR) is 77.7 cm³/mol. The van der Waals surface area contributed by atoms with E-state index in [2.05, 4.69) is 32.2 Å². The Labute approximate surface area is 117 Å². The molecule has 0 amide bonds. The number of pyridine rings is 1. The first kappa shape index (κ1) is 12.9. The van der Waals surface area contributed by atoms with Gasteiger partial charge in [-0.25, -0.2) is 4.98 Å². The Hall–Kier alpha value is -2.15. The van der Waals surface area contributed by atoms with Gasteiger partial charge in [0.2, 0.25) is 11.9 Å². The van der Waals surface area contributed by atoms with Crippen LogP contribution in [0.15, 0.2) is 24.4 Å². The molecule has 1 atom stereocenters. The molecule has 3 heterocycles. The van der Waals surface area contributed by atoms with Crippen molar-refractivity contribution in [3.05, 3.63) is 24.4 Å². The van der Waals surface area contributed by atoms with E-state index in [4.69, 9.17) is 5.73 Å². The van der Waals surface area contributed by atoms with E-state index in [1.165, 1.54) is 0 Å². The zero-order chi connectivity index (χ0) is 13.9. The van der Waals surface area contributed by atoms with Crippen LogP contribution in [0.4, 0.5) is 11.9 Å². The summed E-state index contributed by atoms with van der Waals surface area (Å²) in [7, 11) is 0. The van der Waals surface area contributed by atoms with E-state index in [1.807, 2.05) is 18.2 Å². The molecule has 3 N–H and O–H groups in total. The molecule has 1 aliphatic rings. The number of anilines is 2. The van der Waals surface area contributed by atoms with Gasteiger partial charge in [0.05, 0.1) is 0 Å². The standard InChI is InChI=1S/C13H19N7/c1-2-19-8-6-10(9-19)16-13-17-12(14)20(18-13)11-5-3-4-7-15-11/h3-5,7,10H,2,6,8-9H2,1H3,(H3,14,16,17,18). The summed E-state index contributed by atoms with van der Waals surface area (Å²) < 4.78 is 1.55. The lowest BCUT2D eigenvalue weighted by atomic mass is 10.3. The van der Waals surface area contributed by atoms with Gasteiger partial charge < -0.3 is 16.0 Å². The largest absolute Gasteiger partial charge is 0.368 e. The minimum Gasteiger partial charge on any atom is -0.368 e. The highest BCUT2D eigenvalue weighted by Gasteiger charge is 2.22. The van der Waals surface area contributed by atoms with Crippen molar-refractivity contribution in [3.63, 3.8) is 0 Å². The number of hydrogen-bond acceptors (Lipinski definition) is 6. The first-order valence-corrected chi connectivity index (χ1v) is 6.89. The molecule has 0 aliphatic carbocycles. The first-order chi connectivity index (χ1) is 9.76. The molecule has 1 unspecified atom stereocenters. The van der Waals surface area contributed by atoms with Gasteiger partial charge in [0.1, 0.15) is 0 Å². The van der Waals surface area contributed by atoms with E-state index in [9.17, 15) is 0 Å². The van der Waals surface area contributed by atoms with E-state index in [-0.39, 0.29) is 0 Å². The fraction of sp³-hybridized carbons (Fsp3) is 0.462. The summed E-state index contributed by atoms with van der Waals surface area (Å²) in [5.41, 5.74) is 5.90. The molecule has 1 fully saturated rings. The maximum absolute atomic E-state index is 5.90. The van der Waals surface area contributed by atoms with Gasteiger partial charge in [-0.1, -0.05) is 13.0 Å². The molecule has 20 heavy (non-hydrogen) atoms. The highest BCUT2D eigenvalue weighted by atomic mass is 15.4. The number of nitrogen functional groups attached to an aromatic ring is 1. The lowest BCUT2D eigenvalue weighted by Crippen LogP contribution is -2.26. The van der Waals surface area contributed by atoms with Crippen LogP contribution in [0.5, 0.6) is 0 Å². The Balaban J connectivity index is 1.73. The van der Waals surface area contributed by atoms with Gasteiger partial charge in [-0.15, -0.1) is 5.10 Å². The molecule has 0 spiro atoms. The van der Waals surface area contributed by atoms with Crippen LogP contribution in [0.1, 0.15) is 13.3 Å². The average Bonchev–Trinajstić information content (AvgIpc) is 3.07. The minimum absolute atomic E-state index is 0.344. The van der Waals surface area contributed by atoms with Crippen molar-refractivity contribution in [1.82, 2.24) is 24.6 Å². The Kier molecular flexibility index (Phi) is 3.51. The predicted octanol–water partition coefficient (Wildman–Crippen LogP) is 0.751. The number of likely N-dealkylation sites (tertiary alicyclic amines) is 1. The van der Waals surface area contributed by atoms with Crippen LogP contribution in [0.2, 0.25) is 0 Å². The van der Waals surface area contributed by atoms with E-state index >= 15 is 0 Å². The SMILES string of the molecule is CCN1CCC(Nc2nc(N)n(-c3ccccn3)n2)C1. The molecule has 3 rings (SSSR count). The number of likely N-dealkylation sites (N-methyl/N-ethyl adjacent to an activating group) is 1. The van der Waals surface area contributed by atoms with Crippen LogP contribution in [0.3, 0.4) is 0 Å². The third-order valence-corrected chi connectivity index (χ3v) is 3.55. The fourth-order valence-electron chi connectivity index (χ4n) is 2.45. The molecular formula is C13H19N7. The Bertz CT molecular complexity index is 565. The topological polar surface area (TPSA) is 84.9 Å². The number of hydrogen-bond donors (Lipinski definition) is 2. The number of nitrogens with one attached hydrogen (secondary N) is 1. The van der Waals surface area contributed by atoms with Crippen molar-refractivity contribution in [2.45, 2.75) is 19.4 Å². The van der Waals surface area contributed by atoms with Crippen LogP contribution in [0, 0.1) is 0 Å². The van der Waals surface area contributed by atoms with Crippen molar-refractivity contribution in [2.75, 3.05) is 30.7 Å². The molecule has 7 heteroatoms. The average molecular weight is 273 g/mol. The van der Waals surface area contributed by atoms with Gasteiger partial charge in [0, 0.05) is 25.3 Å². The fourth-order valence-corrected chi connectivity index (χ4v) is 2.45. The maximum Gasteiger partial charge on any atom is 0.244 e. The molecule has 2 aromatic rings. The summed E-state index contributed by atoms with van der Waals surface area (Å²) in [4.78, 5) is 10.9. The molecule has 0 radical (unpaired) electrons. The molecular weight excluding hydrogens is 254 g/mol. The zero-order valence-corrected chi connectivity index (χ0v) is 11.5. The van der Waals surface area contributed by atoms with Crippen molar-refractivity contribution in [1.29, 1.82) is 0 Å². The number of aromatic nitrogens is 4. The molecule has 106 valence electrons. The van der Waals surface area contributed by atoms with Gasteiger partial charge in [0.25, 0.3) is 0 Å². The monoisotopic (exact) mass is 273 g/mol. The molecule has 0 aromatic carbocycles. The van der Waals surface area contributed by atoms with Gasteiger partial charge >= 0.3 is 0 Å². The van der Waals surface area contributed by atoms with E-state index in [0.717, 1.165) is 26.1 Å². The lowest BCUT2D eigenvalue weighted by Gasteiger charge is -2.13. The van der Waals surface area contributed by atoms with Gasteiger partial charge in [-0.2, -0.15) is 9.67 Å². The summed E-state index contributed by atoms with van der Waals surface area (Å²) in [6.07, 6.45) is 2.81. The normalized spacial score (nSPS) is 19.4. The Morgan fingerprint density at radius 1 is 1.45 bits per heavy atom. The van der Waals surface area contributed by atoms with Crippen molar-refractivity contribution in [2.24, 2.45) is 0 Å². The summed E-state index contributed by atoms with van der Waals surface area (Å²) >= 11 is 0. The van der Waals surface area contributed by atoms with Gasteiger partial charge in [-0.3, -0.25) is 0 Å². The van der Waals surface area contributed by atoms with Crippen LogP contribution >= 0.6 is 0 Å². The second kappa shape index (κ2) is 5.46. The van der Waals surface area contributed by atoms with E-state index in [1.54, 1.807) is 10.9 Å². The van der Waals surface area contributed by atoms with E-state index in [0.29, 0.717) is 23.8 Å². The summed E-state index contributed by atoms with van der Waals surface area (Å²) in [6.45, 7) is 5.39. The smallest absolute Gasteiger partial charge is 0.244 e. The number of rotatable bonds is 4. The third-order valence-electron chi connectivity index (χ3n) is 3.55. The van der Waals surface area contributed by atoms with Crippen LogP contribution in [-0.2, 0) is 0 Å². The summed E-state index contributed by atoms with van der Waals surface area (Å²) in [6, 6.07) is 5.98. The lowest BCUT2D eigenvalue weighted by molar-refractivity contribution is 0.355. The molecule has 2 aromatic heterocycles. The summed E-state index contributed by atoms with van der Waals surface area (Å²) in [5, 5.41) is 7.73. The second-order valence-electron chi connectivity index (χ2n) is 4.92. The Morgan fingerprint density at radius 3 is 3.05 bits per heavy atom. The van der Waals surface area contributed by atoms with Crippen molar-refractivity contribution < 1.29 is 0 Å². The maximum atomic E-state index is 5.90. The number of nitrogens with zero attached hydrogens (tertiary/aromatic N) is 5. The first-order valence-electron chi connectivity index (χ1n) is 6.89. The second-order valence-corrected chi connectivity index (χ2v) is 4.92. The Morgan fingerprint density at radius 2 is 2.35 bits per heavy atom. The van der Waals surface area contributed by atoms with Crippen LogP contribution in [0.25, 0.3) is 5.82 Å². The highest BCUT2D eigenvalue weighted by Crippen LogP contribution is 2.15. The van der Waals surface area contributed by atoms with Crippen LogP contribution < -0.4 is 11.1 Å². The zero-order valence-electron chi connectivity index (χ0n) is 11.5. The molecule has 7 nitrogen and oxygen atoms in total. The van der Waals surface area contributed by atoms with Crippen LogP contribution in [-0.4, -0.2) is 50.3 Å². The third kappa shape index (κ3) is 2.57.